The van der Waals surface area contributed by atoms with Crippen molar-refractivity contribution in [2.45, 2.75) is 24.0 Å². The number of rotatable bonds is 6. The summed E-state index contributed by atoms with van der Waals surface area (Å²) in [6.45, 7) is 2.57. The average Bonchev–Trinajstić information content (AvgIpc) is 2.53. The van der Waals surface area contributed by atoms with Crippen molar-refractivity contribution in [2.24, 2.45) is 5.73 Å². The van der Waals surface area contributed by atoms with E-state index in [-0.39, 0.29) is 8.68 Å². The number of nitrogens with one attached hydrogen (secondary N) is 1. The van der Waals surface area contributed by atoms with Crippen LogP contribution in [0.4, 0.5) is 0 Å². The van der Waals surface area contributed by atoms with Crippen molar-refractivity contribution in [3.8, 4) is 0 Å². The van der Waals surface area contributed by atoms with E-state index in [1.165, 1.54) is 0 Å². The molecule has 3 N–H and O–H groups in total. The van der Waals surface area contributed by atoms with Crippen LogP contribution >= 0.6 is 22.9 Å². The number of hydrogen-bond acceptors (Lipinski definition) is 5. The number of unbranched alkanes of at least 4 members (excludes halogenated alkanes) is 1. The van der Waals surface area contributed by atoms with Crippen LogP contribution in [0.5, 0.6) is 0 Å². The zero-order valence-electron chi connectivity index (χ0n) is 8.86. The topological polar surface area (TPSA) is 85.1 Å². The minimum absolute atomic E-state index is 0.185. The Bertz CT molecular complexity index is 444. The van der Waals surface area contributed by atoms with Crippen molar-refractivity contribution in [3.63, 3.8) is 0 Å². The van der Waals surface area contributed by atoms with E-state index in [0.29, 0.717) is 18.8 Å². The number of aryl methyl sites for hydroxylation is 1. The third-order valence-corrected chi connectivity index (χ3v) is 5.23. The lowest BCUT2D eigenvalue weighted by molar-refractivity contribution is 0.578. The maximum Gasteiger partial charge on any atom is 0.251 e. The molecular formula is C8H14ClN3O2S2. The number of thiazole rings is 1. The SMILES string of the molecule is Cc1nc(Cl)sc1S(=O)(=O)NCCCCN. The van der Waals surface area contributed by atoms with E-state index in [9.17, 15) is 8.42 Å². The highest BCUT2D eigenvalue weighted by molar-refractivity contribution is 7.91. The standard InChI is InChI=1S/C8H14ClN3O2S2/c1-6-7(15-8(9)12-6)16(13,14)11-5-3-2-4-10/h11H,2-5,10H2,1H3. The van der Waals surface area contributed by atoms with E-state index >= 15 is 0 Å². The third kappa shape index (κ3) is 3.67. The second-order valence-corrected chi connectivity index (χ2v) is 6.78. The summed E-state index contributed by atoms with van der Waals surface area (Å²) in [5.74, 6) is 0. The number of hydrogen-bond donors (Lipinski definition) is 2. The highest BCUT2D eigenvalue weighted by atomic mass is 35.5. The first-order valence-electron chi connectivity index (χ1n) is 4.80. The molecule has 1 aromatic heterocycles. The first-order chi connectivity index (χ1) is 7.47. The van der Waals surface area contributed by atoms with Gasteiger partial charge in [-0.25, -0.2) is 18.1 Å². The molecule has 0 spiro atoms. The Balaban J connectivity index is 2.67. The smallest absolute Gasteiger partial charge is 0.251 e. The van der Waals surface area contributed by atoms with E-state index in [2.05, 4.69) is 9.71 Å². The highest BCUT2D eigenvalue weighted by Crippen LogP contribution is 2.26. The highest BCUT2D eigenvalue weighted by Gasteiger charge is 2.20. The van der Waals surface area contributed by atoms with Gasteiger partial charge in [0, 0.05) is 6.54 Å². The second-order valence-electron chi connectivity index (χ2n) is 3.23. The number of halogens is 1. The Morgan fingerprint density at radius 3 is 2.69 bits per heavy atom. The van der Waals surface area contributed by atoms with E-state index in [1.54, 1.807) is 6.92 Å². The molecule has 0 saturated carbocycles. The molecule has 0 aliphatic carbocycles. The maximum absolute atomic E-state index is 11.8. The molecule has 92 valence electrons. The fourth-order valence-electron chi connectivity index (χ4n) is 1.14. The van der Waals surface area contributed by atoms with Gasteiger partial charge in [-0.2, -0.15) is 0 Å². The Labute approximate surface area is 104 Å². The van der Waals surface area contributed by atoms with Crippen LogP contribution < -0.4 is 10.5 Å². The first-order valence-corrected chi connectivity index (χ1v) is 7.48. The summed E-state index contributed by atoms with van der Waals surface area (Å²) < 4.78 is 26.5. The molecule has 1 rings (SSSR count). The van der Waals surface area contributed by atoms with Gasteiger partial charge >= 0.3 is 0 Å². The van der Waals surface area contributed by atoms with E-state index in [0.717, 1.165) is 24.2 Å². The largest absolute Gasteiger partial charge is 0.330 e. The first kappa shape index (κ1) is 13.9. The predicted octanol–water partition coefficient (Wildman–Crippen LogP) is 1.12. The van der Waals surface area contributed by atoms with E-state index < -0.39 is 10.0 Å². The number of sulfonamides is 1. The van der Waals surface area contributed by atoms with Crippen LogP contribution in [0, 0.1) is 6.92 Å². The Kier molecular flexibility index (Phi) is 5.13. The molecule has 0 radical (unpaired) electrons. The molecule has 1 heterocycles. The lowest BCUT2D eigenvalue weighted by Crippen LogP contribution is -2.25. The van der Waals surface area contributed by atoms with Crippen molar-refractivity contribution < 1.29 is 8.42 Å². The molecule has 1 aromatic rings. The second kappa shape index (κ2) is 5.92. The zero-order valence-corrected chi connectivity index (χ0v) is 11.3. The molecule has 0 amide bonds. The van der Waals surface area contributed by atoms with Crippen molar-refractivity contribution in [3.05, 3.63) is 10.2 Å². The van der Waals surface area contributed by atoms with Gasteiger partial charge in [0.1, 0.15) is 0 Å². The van der Waals surface area contributed by atoms with Gasteiger partial charge in [0.15, 0.2) is 8.68 Å². The van der Waals surface area contributed by atoms with Gasteiger partial charge in [0.05, 0.1) is 5.69 Å². The number of aromatic nitrogens is 1. The zero-order chi connectivity index (χ0) is 12.2. The van der Waals surface area contributed by atoms with Gasteiger partial charge in [0.25, 0.3) is 10.0 Å². The van der Waals surface area contributed by atoms with Crippen LogP contribution in [-0.2, 0) is 10.0 Å². The molecule has 0 aliphatic heterocycles. The van der Waals surface area contributed by atoms with Crippen LogP contribution in [-0.4, -0.2) is 26.5 Å². The molecule has 0 bridgehead atoms. The molecule has 0 saturated heterocycles. The molecule has 0 aliphatic rings. The van der Waals surface area contributed by atoms with Crippen LogP contribution in [0.1, 0.15) is 18.5 Å². The third-order valence-electron chi connectivity index (χ3n) is 1.89. The lowest BCUT2D eigenvalue weighted by atomic mass is 10.3. The Hall–Kier alpha value is -0.210. The van der Waals surface area contributed by atoms with Gasteiger partial charge < -0.3 is 5.73 Å². The average molecular weight is 284 g/mol. The monoisotopic (exact) mass is 283 g/mol. The minimum Gasteiger partial charge on any atom is -0.330 e. The molecule has 0 aromatic carbocycles. The van der Waals surface area contributed by atoms with Gasteiger partial charge in [-0.05, 0) is 26.3 Å². The fraction of sp³-hybridized carbons (Fsp3) is 0.625. The normalized spacial score (nSPS) is 11.9. The lowest BCUT2D eigenvalue weighted by Gasteiger charge is -2.04. The summed E-state index contributed by atoms with van der Waals surface area (Å²) in [6.07, 6.45) is 1.52. The van der Waals surface area contributed by atoms with Crippen molar-refractivity contribution in [1.29, 1.82) is 0 Å². The summed E-state index contributed by atoms with van der Waals surface area (Å²) in [4.78, 5) is 3.87. The van der Waals surface area contributed by atoms with Crippen LogP contribution in [0.25, 0.3) is 0 Å². The van der Waals surface area contributed by atoms with Crippen LogP contribution in [0.2, 0.25) is 4.47 Å². The van der Waals surface area contributed by atoms with Crippen molar-refractivity contribution >= 4 is 33.0 Å². The summed E-state index contributed by atoms with van der Waals surface area (Å²) in [6, 6.07) is 0. The van der Waals surface area contributed by atoms with Gasteiger partial charge in [-0.1, -0.05) is 22.9 Å². The van der Waals surface area contributed by atoms with Gasteiger partial charge in [-0.15, -0.1) is 0 Å². The maximum atomic E-state index is 11.8. The summed E-state index contributed by atoms with van der Waals surface area (Å²) in [7, 11) is -3.47. The number of nitrogens with zero attached hydrogens (tertiary/aromatic N) is 1. The van der Waals surface area contributed by atoms with Crippen LogP contribution in [0.3, 0.4) is 0 Å². The summed E-state index contributed by atoms with van der Waals surface area (Å²) >= 11 is 6.62. The Morgan fingerprint density at radius 1 is 1.50 bits per heavy atom. The van der Waals surface area contributed by atoms with Crippen molar-refractivity contribution in [1.82, 2.24) is 9.71 Å². The van der Waals surface area contributed by atoms with E-state index in [1.807, 2.05) is 0 Å². The molecule has 0 fully saturated rings. The predicted molar refractivity (Wildman–Crippen MR) is 65.3 cm³/mol. The summed E-state index contributed by atoms with van der Waals surface area (Å²) in [5.41, 5.74) is 5.75. The number of nitrogens with two attached hydrogens (primary N) is 1. The molecule has 5 nitrogen and oxygen atoms in total. The summed E-state index contributed by atoms with van der Waals surface area (Å²) in [5, 5.41) is 0. The molecule has 8 heteroatoms. The molecule has 0 atom stereocenters. The van der Waals surface area contributed by atoms with Crippen LogP contribution in [0.15, 0.2) is 4.21 Å². The van der Waals surface area contributed by atoms with Crippen molar-refractivity contribution in [2.75, 3.05) is 13.1 Å². The molecule has 16 heavy (non-hydrogen) atoms. The van der Waals surface area contributed by atoms with Gasteiger partial charge in [0.2, 0.25) is 0 Å². The fourth-order valence-corrected chi connectivity index (χ4v) is 4.00. The Morgan fingerprint density at radius 2 is 2.19 bits per heavy atom. The molecule has 0 unspecified atom stereocenters. The minimum atomic E-state index is -3.47. The van der Waals surface area contributed by atoms with E-state index in [4.69, 9.17) is 17.3 Å². The molecular weight excluding hydrogens is 270 g/mol. The van der Waals surface area contributed by atoms with Gasteiger partial charge in [-0.3, -0.25) is 0 Å². The quantitative estimate of drug-likeness (QED) is 0.766.